The highest BCUT2D eigenvalue weighted by Gasteiger charge is 2.48. The number of rotatable bonds is 39. The number of esters is 1. The van der Waals surface area contributed by atoms with E-state index in [-0.39, 0.29) is 19.6 Å². The summed E-state index contributed by atoms with van der Waals surface area (Å²) in [7, 11) is -5.06. The monoisotopic (exact) mass is 859 g/mol. The van der Waals surface area contributed by atoms with E-state index in [1.807, 2.05) is 0 Å². The smallest absolute Gasteiger partial charge is 0.397 e. The molecule has 12 nitrogen and oxygen atoms in total. The molecular formula is C46H82O12S. The summed E-state index contributed by atoms with van der Waals surface area (Å²) in [5.74, 6) is -0.413. The van der Waals surface area contributed by atoms with Gasteiger partial charge in [0.25, 0.3) is 0 Å². The third kappa shape index (κ3) is 31.6. The summed E-state index contributed by atoms with van der Waals surface area (Å²) in [6.45, 7) is 3.84. The lowest BCUT2D eigenvalue weighted by Gasteiger charge is -2.41. The van der Waals surface area contributed by atoms with Gasteiger partial charge in [-0.2, -0.15) is 8.42 Å². The van der Waals surface area contributed by atoms with E-state index < -0.39 is 59.8 Å². The van der Waals surface area contributed by atoms with Crippen molar-refractivity contribution in [1.29, 1.82) is 0 Å². The first-order chi connectivity index (χ1) is 28.6. The van der Waals surface area contributed by atoms with E-state index in [2.05, 4.69) is 66.6 Å². The maximum atomic E-state index is 12.8. The molecule has 0 spiro atoms. The van der Waals surface area contributed by atoms with Crippen LogP contribution >= 0.6 is 0 Å². The zero-order valence-corrected chi connectivity index (χ0v) is 37.4. The molecule has 1 aliphatic rings. The third-order valence-corrected chi connectivity index (χ3v) is 10.7. The maximum Gasteiger partial charge on any atom is 0.397 e. The molecule has 0 aromatic carbocycles. The normalized spacial score (nSPS) is 20.8. The quantitative estimate of drug-likeness (QED) is 0.0199. The molecule has 13 heteroatoms. The topological polar surface area (TPSA) is 178 Å². The Kier molecular flexibility index (Phi) is 35.3. The van der Waals surface area contributed by atoms with E-state index in [1.165, 1.54) is 70.6 Å². The van der Waals surface area contributed by atoms with Gasteiger partial charge in [0.1, 0.15) is 30.5 Å². The Labute approximate surface area is 357 Å². The van der Waals surface area contributed by atoms with Crippen molar-refractivity contribution >= 4 is 16.4 Å². The number of carbonyl (C=O) groups excluding carboxylic acids is 1. The van der Waals surface area contributed by atoms with E-state index in [0.29, 0.717) is 13.0 Å². The molecular weight excluding hydrogens is 777 g/mol. The van der Waals surface area contributed by atoms with Crippen molar-refractivity contribution in [3.05, 3.63) is 48.6 Å². The van der Waals surface area contributed by atoms with E-state index in [9.17, 15) is 28.5 Å². The van der Waals surface area contributed by atoms with Gasteiger partial charge in [0.15, 0.2) is 6.29 Å². The minimum absolute atomic E-state index is 0.0268. The van der Waals surface area contributed by atoms with Gasteiger partial charge in [-0.15, -0.1) is 0 Å². The lowest BCUT2D eigenvalue weighted by atomic mass is 9.99. The van der Waals surface area contributed by atoms with Crippen LogP contribution in [0.3, 0.4) is 0 Å². The minimum Gasteiger partial charge on any atom is -0.457 e. The van der Waals surface area contributed by atoms with Gasteiger partial charge < -0.3 is 34.3 Å². The predicted octanol–water partition coefficient (Wildman–Crippen LogP) is 9.58. The minimum atomic E-state index is -5.06. The van der Waals surface area contributed by atoms with Crippen LogP contribution in [-0.2, 0) is 38.3 Å². The molecule has 0 aliphatic carbocycles. The van der Waals surface area contributed by atoms with Crippen LogP contribution in [0.25, 0.3) is 0 Å². The summed E-state index contributed by atoms with van der Waals surface area (Å²) in [5.41, 5.74) is 0. The van der Waals surface area contributed by atoms with Crippen molar-refractivity contribution in [2.45, 2.75) is 211 Å². The summed E-state index contributed by atoms with van der Waals surface area (Å²) >= 11 is 0. The van der Waals surface area contributed by atoms with Crippen LogP contribution in [-0.4, -0.2) is 97.5 Å². The highest BCUT2D eigenvalue weighted by atomic mass is 32.3. The Balaban J connectivity index is 2.44. The number of unbranched alkanes of at least 4 members (excludes halogenated alkanes) is 18. The predicted molar refractivity (Wildman–Crippen MR) is 234 cm³/mol. The Bertz CT molecular complexity index is 1220. The average molecular weight is 859 g/mol. The molecule has 0 amide bonds. The second-order valence-corrected chi connectivity index (χ2v) is 16.7. The Morgan fingerprint density at radius 2 is 1.17 bits per heavy atom. The van der Waals surface area contributed by atoms with Crippen molar-refractivity contribution in [2.24, 2.45) is 0 Å². The van der Waals surface area contributed by atoms with Gasteiger partial charge >= 0.3 is 16.4 Å². The van der Waals surface area contributed by atoms with Gasteiger partial charge in [-0.3, -0.25) is 9.35 Å². The lowest BCUT2D eigenvalue weighted by molar-refractivity contribution is -0.301. The van der Waals surface area contributed by atoms with Crippen LogP contribution in [0.2, 0.25) is 0 Å². The van der Waals surface area contributed by atoms with Crippen molar-refractivity contribution in [3.8, 4) is 0 Å². The first kappa shape index (κ1) is 55.1. The summed E-state index contributed by atoms with van der Waals surface area (Å²) in [5, 5.41) is 30.7. The van der Waals surface area contributed by atoms with Crippen LogP contribution in [0.15, 0.2) is 48.6 Å². The number of allylic oxidation sites excluding steroid dienone is 8. The van der Waals surface area contributed by atoms with E-state index >= 15 is 0 Å². The van der Waals surface area contributed by atoms with Crippen LogP contribution < -0.4 is 0 Å². The number of hydrogen-bond donors (Lipinski definition) is 4. The maximum absolute atomic E-state index is 12.8. The molecule has 1 heterocycles. The highest BCUT2D eigenvalue weighted by molar-refractivity contribution is 7.80. The second-order valence-electron chi connectivity index (χ2n) is 15.6. The SMILES string of the molecule is CC/C=C\C/C=C\C/C=C\CCCCCCCCCC(=O)OC(COCCCCCCCC/C=C\CCCCCCC)COC1OC(CO)C(O)C(OS(=O)(=O)O)C1O. The fraction of sp³-hybridized carbons (Fsp3) is 0.804. The number of hydrogen-bond acceptors (Lipinski definition) is 11. The molecule has 4 N–H and O–H groups in total. The molecule has 0 bridgehead atoms. The summed E-state index contributed by atoms with van der Waals surface area (Å²) < 4.78 is 59.0. The number of carbonyl (C=O) groups is 1. The molecule has 6 atom stereocenters. The second kappa shape index (κ2) is 37.8. The Hall–Kier alpha value is -1.94. The van der Waals surface area contributed by atoms with Crippen molar-refractivity contribution in [3.63, 3.8) is 0 Å². The van der Waals surface area contributed by atoms with Crippen LogP contribution in [0.1, 0.15) is 174 Å². The Morgan fingerprint density at radius 1 is 0.661 bits per heavy atom. The third-order valence-electron chi connectivity index (χ3n) is 10.2. The molecule has 1 fully saturated rings. The van der Waals surface area contributed by atoms with Gasteiger partial charge in [-0.25, -0.2) is 4.18 Å². The molecule has 59 heavy (non-hydrogen) atoms. The number of ether oxygens (including phenoxy) is 4. The van der Waals surface area contributed by atoms with Crippen LogP contribution in [0.5, 0.6) is 0 Å². The fourth-order valence-corrected chi connectivity index (χ4v) is 7.25. The fourth-order valence-electron chi connectivity index (χ4n) is 6.74. The van der Waals surface area contributed by atoms with Crippen LogP contribution in [0, 0.1) is 0 Å². The van der Waals surface area contributed by atoms with Gasteiger partial charge in [-0.05, 0) is 70.6 Å². The molecule has 1 aliphatic heterocycles. The van der Waals surface area contributed by atoms with E-state index in [4.69, 9.17) is 23.5 Å². The largest absolute Gasteiger partial charge is 0.457 e. The van der Waals surface area contributed by atoms with Gasteiger partial charge in [0, 0.05) is 13.0 Å². The zero-order valence-electron chi connectivity index (χ0n) is 36.6. The number of aliphatic hydroxyl groups is 3. The van der Waals surface area contributed by atoms with E-state index in [0.717, 1.165) is 77.0 Å². The van der Waals surface area contributed by atoms with Crippen molar-refractivity contribution < 1.29 is 56.2 Å². The van der Waals surface area contributed by atoms with E-state index in [1.54, 1.807) is 0 Å². The van der Waals surface area contributed by atoms with Gasteiger partial charge in [0.05, 0.1) is 19.8 Å². The summed E-state index contributed by atoms with van der Waals surface area (Å²) in [4.78, 5) is 12.8. The van der Waals surface area contributed by atoms with Crippen molar-refractivity contribution in [1.82, 2.24) is 0 Å². The van der Waals surface area contributed by atoms with Crippen molar-refractivity contribution in [2.75, 3.05) is 26.4 Å². The molecule has 1 rings (SSSR count). The standard InChI is InChI=1S/C46H82O12S/c1-3-5-7-9-11-13-15-17-19-20-21-23-25-27-29-31-33-35-42(48)56-40(39-55-46-44(50)45(58-59(51,52)53)43(49)41(37-47)57-46)38-54-36-34-32-30-28-26-24-22-18-16-14-12-10-8-6-4-2/h5,7,11,13,16-19,40-41,43-47,49-50H,3-4,6,8-10,12,14-15,20-39H2,1-2H3,(H,51,52,53)/b7-5-,13-11-,18-16-,19-17-. The zero-order chi connectivity index (χ0) is 43.2. The molecule has 0 aromatic rings. The first-order valence-electron chi connectivity index (χ1n) is 22.9. The average Bonchev–Trinajstić information content (AvgIpc) is 3.20. The molecule has 344 valence electrons. The summed E-state index contributed by atoms with van der Waals surface area (Å²) in [6.07, 6.45) is 35.7. The molecule has 0 saturated carbocycles. The van der Waals surface area contributed by atoms with Gasteiger partial charge in [-0.1, -0.05) is 146 Å². The molecule has 6 unspecified atom stereocenters. The molecule has 0 radical (unpaired) electrons. The highest BCUT2D eigenvalue weighted by Crippen LogP contribution is 2.26. The van der Waals surface area contributed by atoms with Gasteiger partial charge in [0.2, 0.25) is 0 Å². The van der Waals surface area contributed by atoms with Crippen LogP contribution in [0.4, 0.5) is 0 Å². The summed E-state index contributed by atoms with van der Waals surface area (Å²) in [6, 6.07) is 0. The lowest BCUT2D eigenvalue weighted by Crippen LogP contribution is -2.60. The molecule has 1 saturated heterocycles. The number of aliphatic hydroxyl groups excluding tert-OH is 3. The Morgan fingerprint density at radius 3 is 1.73 bits per heavy atom. The molecule has 0 aromatic heterocycles. The first-order valence-corrected chi connectivity index (χ1v) is 24.3.